The van der Waals surface area contributed by atoms with Crippen molar-refractivity contribution in [1.29, 1.82) is 0 Å². The van der Waals surface area contributed by atoms with E-state index in [-0.39, 0.29) is 0 Å². The SMILES string of the molecule is C=C(CBr)c1cccnc1Cl. The van der Waals surface area contributed by atoms with Gasteiger partial charge in [-0.25, -0.2) is 4.98 Å². The highest BCUT2D eigenvalue weighted by Crippen LogP contribution is 2.20. The molecule has 1 aromatic rings. The lowest BCUT2D eigenvalue weighted by Gasteiger charge is -2.01. The summed E-state index contributed by atoms with van der Waals surface area (Å²) in [6, 6.07) is 3.74. The number of aromatic nitrogens is 1. The van der Waals surface area contributed by atoms with Gasteiger partial charge in [-0.15, -0.1) is 0 Å². The third-order valence-electron chi connectivity index (χ3n) is 1.30. The zero-order valence-electron chi connectivity index (χ0n) is 5.85. The number of hydrogen-bond donors (Lipinski definition) is 0. The average molecular weight is 233 g/mol. The van der Waals surface area contributed by atoms with E-state index in [0.717, 1.165) is 16.5 Å². The van der Waals surface area contributed by atoms with E-state index in [4.69, 9.17) is 11.6 Å². The predicted molar refractivity (Wildman–Crippen MR) is 52.1 cm³/mol. The summed E-state index contributed by atoms with van der Waals surface area (Å²) in [6.45, 7) is 3.83. The predicted octanol–water partition coefficient (Wildman–Crippen LogP) is 3.14. The van der Waals surface area contributed by atoms with Gasteiger partial charge in [-0.2, -0.15) is 0 Å². The van der Waals surface area contributed by atoms with Crippen LogP contribution in [0.4, 0.5) is 0 Å². The molecule has 0 unspecified atom stereocenters. The van der Waals surface area contributed by atoms with Crippen molar-refractivity contribution in [3.8, 4) is 0 Å². The highest BCUT2D eigenvalue weighted by atomic mass is 79.9. The first kappa shape index (κ1) is 8.75. The largest absolute Gasteiger partial charge is 0.244 e. The minimum Gasteiger partial charge on any atom is -0.244 e. The van der Waals surface area contributed by atoms with Crippen molar-refractivity contribution in [3.63, 3.8) is 0 Å². The van der Waals surface area contributed by atoms with Crippen molar-refractivity contribution in [2.24, 2.45) is 0 Å². The first-order valence-corrected chi connectivity index (χ1v) is 4.60. The van der Waals surface area contributed by atoms with Gasteiger partial charge in [0.05, 0.1) is 0 Å². The Hall–Kier alpha value is -0.340. The van der Waals surface area contributed by atoms with Crippen LogP contribution in [0.15, 0.2) is 24.9 Å². The fourth-order valence-electron chi connectivity index (χ4n) is 0.722. The second-order valence-electron chi connectivity index (χ2n) is 2.08. The molecular formula is C8H7BrClN. The van der Waals surface area contributed by atoms with Gasteiger partial charge in [0.1, 0.15) is 5.15 Å². The summed E-state index contributed by atoms with van der Waals surface area (Å²) in [4.78, 5) is 3.93. The first-order chi connectivity index (χ1) is 5.25. The van der Waals surface area contributed by atoms with Crippen LogP contribution >= 0.6 is 27.5 Å². The first-order valence-electron chi connectivity index (χ1n) is 3.10. The Kier molecular flexibility index (Phi) is 3.09. The maximum absolute atomic E-state index is 5.81. The van der Waals surface area contributed by atoms with Gasteiger partial charge in [0.2, 0.25) is 0 Å². The quantitative estimate of drug-likeness (QED) is 0.564. The molecule has 3 heteroatoms. The van der Waals surface area contributed by atoms with E-state index < -0.39 is 0 Å². The van der Waals surface area contributed by atoms with Crippen LogP contribution in [0.2, 0.25) is 5.15 Å². The van der Waals surface area contributed by atoms with Gasteiger partial charge in [0.15, 0.2) is 0 Å². The Morgan fingerprint density at radius 1 is 1.73 bits per heavy atom. The second-order valence-corrected chi connectivity index (χ2v) is 3.00. The van der Waals surface area contributed by atoms with Crippen molar-refractivity contribution in [2.75, 3.05) is 5.33 Å². The lowest BCUT2D eigenvalue weighted by Crippen LogP contribution is -1.86. The van der Waals surface area contributed by atoms with Crippen molar-refractivity contribution >= 4 is 33.1 Å². The number of rotatable bonds is 2. The highest BCUT2D eigenvalue weighted by molar-refractivity contribution is 9.09. The summed E-state index contributed by atoms with van der Waals surface area (Å²) >= 11 is 9.10. The smallest absolute Gasteiger partial charge is 0.136 e. The third-order valence-corrected chi connectivity index (χ3v) is 2.28. The summed E-state index contributed by atoms with van der Waals surface area (Å²) < 4.78 is 0. The molecule has 1 nitrogen and oxygen atoms in total. The van der Waals surface area contributed by atoms with Gasteiger partial charge < -0.3 is 0 Å². The zero-order chi connectivity index (χ0) is 8.27. The molecule has 0 bridgehead atoms. The topological polar surface area (TPSA) is 12.9 Å². The van der Waals surface area contributed by atoms with Crippen LogP contribution < -0.4 is 0 Å². The molecule has 1 rings (SSSR count). The van der Waals surface area contributed by atoms with Gasteiger partial charge in [0, 0.05) is 17.1 Å². The summed E-state index contributed by atoms with van der Waals surface area (Å²) in [6.07, 6.45) is 1.66. The average Bonchev–Trinajstić information content (AvgIpc) is 2.04. The molecular weight excluding hydrogens is 225 g/mol. The Bertz CT molecular complexity index is 273. The van der Waals surface area contributed by atoms with Crippen LogP contribution in [0.5, 0.6) is 0 Å². The van der Waals surface area contributed by atoms with E-state index in [9.17, 15) is 0 Å². The maximum Gasteiger partial charge on any atom is 0.136 e. The molecule has 58 valence electrons. The summed E-state index contributed by atoms with van der Waals surface area (Å²) in [7, 11) is 0. The fourth-order valence-corrected chi connectivity index (χ4v) is 1.28. The van der Waals surface area contributed by atoms with Gasteiger partial charge >= 0.3 is 0 Å². The molecule has 1 heterocycles. The second kappa shape index (κ2) is 3.88. The molecule has 0 saturated heterocycles. The standard InChI is InChI=1S/C8H7BrClN/c1-6(5-9)7-3-2-4-11-8(7)10/h2-4H,1,5H2. The van der Waals surface area contributed by atoms with Crippen molar-refractivity contribution in [3.05, 3.63) is 35.6 Å². The number of halogens is 2. The lowest BCUT2D eigenvalue weighted by atomic mass is 10.2. The Morgan fingerprint density at radius 2 is 2.45 bits per heavy atom. The van der Waals surface area contributed by atoms with Crippen molar-refractivity contribution in [1.82, 2.24) is 4.98 Å². The molecule has 0 radical (unpaired) electrons. The molecule has 0 spiro atoms. The number of hydrogen-bond acceptors (Lipinski definition) is 1. The van der Waals surface area contributed by atoms with Crippen LogP contribution in [-0.2, 0) is 0 Å². The molecule has 0 saturated carbocycles. The van der Waals surface area contributed by atoms with Crippen LogP contribution in [0.25, 0.3) is 5.57 Å². The van der Waals surface area contributed by atoms with Crippen LogP contribution in [0.1, 0.15) is 5.56 Å². The minimum atomic E-state index is 0.511. The maximum atomic E-state index is 5.81. The zero-order valence-corrected chi connectivity index (χ0v) is 8.19. The van der Waals surface area contributed by atoms with Crippen LogP contribution in [-0.4, -0.2) is 10.3 Å². The monoisotopic (exact) mass is 231 g/mol. The van der Waals surface area contributed by atoms with E-state index in [1.54, 1.807) is 6.20 Å². The minimum absolute atomic E-state index is 0.511. The van der Waals surface area contributed by atoms with Gasteiger partial charge in [-0.1, -0.05) is 40.2 Å². The van der Waals surface area contributed by atoms with E-state index in [1.165, 1.54) is 0 Å². The summed E-state index contributed by atoms with van der Waals surface area (Å²) in [5.41, 5.74) is 1.86. The van der Waals surface area contributed by atoms with Crippen LogP contribution in [0, 0.1) is 0 Å². The molecule has 0 fully saturated rings. The molecule has 0 atom stereocenters. The molecule has 0 N–H and O–H groups in total. The van der Waals surface area contributed by atoms with Gasteiger partial charge in [-0.3, -0.25) is 0 Å². The molecule has 0 aromatic carbocycles. The molecule has 11 heavy (non-hydrogen) atoms. The molecule has 0 aliphatic heterocycles. The lowest BCUT2D eigenvalue weighted by molar-refractivity contribution is 1.31. The highest BCUT2D eigenvalue weighted by Gasteiger charge is 2.01. The van der Waals surface area contributed by atoms with E-state index >= 15 is 0 Å². The molecule has 0 amide bonds. The van der Waals surface area contributed by atoms with E-state index in [0.29, 0.717) is 5.15 Å². The van der Waals surface area contributed by atoms with Crippen LogP contribution in [0.3, 0.4) is 0 Å². The Balaban J connectivity index is 3.03. The molecule has 0 aliphatic carbocycles. The number of nitrogens with zero attached hydrogens (tertiary/aromatic N) is 1. The normalized spacial score (nSPS) is 9.64. The van der Waals surface area contributed by atoms with Gasteiger partial charge in [-0.05, 0) is 11.6 Å². The van der Waals surface area contributed by atoms with E-state index in [2.05, 4.69) is 27.5 Å². The number of pyridine rings is 1. The fraction of sp³-hybridized carbons (Fsp3) is 0.125. The Labute approximate surface area is 79.2 Å². The van der Waals surface area contributed by atoms with Crippen molar-refractivity contribution in [2.45, 2.75) is 0 Å². The molecule has 0 aliphatic rings. The summed E-state index contributed by atoms with van der Waals surface area (Å²) in [5, 5.41) is 1.23. The van der Waals surface area contributed by atoms with Crippen molar-refractivity contribution < 1.29 is 0 Å². The third kappa shape index (κ3) is 2.04. The number of allylic oxidation sites excluding steroid dienone is 1. The van der Waals surface area contributed by atoms with Gasteiger partial charge in [0.25, 0.3) is 0 Å². The molecule has 1 aromatic heterocycles. The summed E-state index contributed by atoms with van der Waals surface area (Å²) in [5.74, 6) is 0. The number of alkyl halides is 1. The van der Waals surface area contributed by atoms with E-state index in [1.807, 2.05) is 12.1 Å². The Morgan fingerprint density at radius 3 is 3.00 bits per heavy atom.